The minimum absolute atomic E-state index is 0.00974. The Morgan fingerprint density at radius 1 is 1.38 bits per heavy atom. The molecule has 0 aromatic carbocycles. The third-order valence-corrected chi connectivity index (χ3v) is 5.81. The average molecular weight is 374 g/mol. The quantitative estimate of drug-likeness (QED) is 0.625. The number of furan rings is 1. The highest BCUT2D eigenvalue weighted by Crippen LogP contribution is 2.29. The Labute approximate surface area is 156 Å². The van der Waals surface area contributed by atoms with Gasteiger partial charge in [0.2, 0.25) is 17.6 Å². The molecule has 0 aliphatic heterocycles. The summed E-state index contributed by atoms with van der Waals surface area (Å²) in [6, 6.07) is 1.75. The number of aryl methyl sites for hydroxylation is 3. The van der Waals surface area contributed by atoms with Crippen LogP contribution in [-0.2, 0) is 17.6 Å². The van der Waals surface area contributed by atoms with E-state index < -0.39 is 0 Å². The van der Waals surface area contributed by atoms with E-state index in [9.17, 15) is 4.79 Å². The molecule has 0 fully saturated rings. The van der Waals surface area contributed by atoms with Crippen molar-refractivity contribution in [2.75, 3.05) is 7.05 Å². The summed E-state index contributed by atoms with van der Waals surface area (Å²) in [5.74, 6) is 0.944. The number of hydrogen-bond donors (Lipinski definition) is 0. The Kier molecular flexibility index (Phi) is 5.51. The van der Waals surface area contributed by atoms with Gasteiger partial charge in [-0.15, -0.1) is 11.3 Å². The van der Waals surface area contributed by atoms with E-state index in [-0.39, 0.29) is 11.9 Å². The molecule has 8 heteroatoms. The van der Waals surface area contributed by atoms with Crippen LogP contribution in [0.2, 0.25) is 0 Å². The molecule has 0 saturated carbocycles. The SMILES string of the molecule is CCc1nc(C)c(C(C)N(C)C(=O)CCc2nc(-c3ccoc3)no2)s1. The molecule has 3 aromatic rings. The molecule has 0 radical (unpaired) electrons. The van der Waals surface area contributed by atoms with E-state index in [4.69, 9.17) is 8.94 Å². The summed E-state index contributed by atoms with van der Waals surface area (Å²) in [5.41, 5.74) is 1.75. The van der Waals surface area contributed by atoms with Crippen LogP contribution >= 0.6 is 11.3 Å². The van der Waals surface area contributed by atoms with Crippen molar-refractivity contribution in [3.63, 3.8) is 0 Å². The summed E-state index contributed by atoms with van der Waals surface area (Å²) in [4.78, 5) is 24.3. The van der Waals surface area contributed by atoms with Crippen molar-refractivity contribution in [1.82, 2.24) is 20.0 Å². The predicted molar refractivity (Wildman–Crippen MR) is 97.7 cm³/mol. The van der Waals surface area contributed by atoms with Crippen LogP contribution in [0.3, 0.4) is 0 Å². The maximum atomic E-state index is 12.6. The first-order valence-corrected chi connectivity index (χ1v) is 9.38. The fraction of sp³-hybridized carbons (Fsp3) is 0.444. The van der Waals surface area contributed by atoms with Gasteiger partial charge < -0.3 is 13.8 Å². The number of hydrogen-bond acceptors (Lipinski definition) is 7. The van der Waals surface area contributed by atoms with Gasteiger partial charge in [-0.1, -0.05) is 12.1 Å². The molecule has 0 spiro atoms. The fourth-order valence-corrected chi connectivity index (χ4v) is 3.75. The first-order chi connectivity index (χ1) is 12.5. The zero-order valence-electron chi connectivity index (χ0n) is 15.4. The third kappa shape index (κ3) is 3.85. The van der Waals surface area contributed by atoms with Gasteiger partial charge in [0, 0.05) is 24.8 Å². The largest absolute Gasteiger partial charge is 0.472 e. The summed E-state index contributed by atoms with van der Waals surface area (Å²) in [6.45, 7) is 6.11. The molecule has 3 rings (SSSR count). The minimum Gasteiger partial charge on any atom is -0.472 e. The normalized spacial score (nSPS) is 12.3. The van der Waals surface area contributed by atoms with Crippen LogP contribution in [0.5, 0.6) is 0 Å². The van der Waals surface area contributed by atoms with E-state index in [1.807, 2.05) is 20.9 Å². The third-order valence-electron chi connectivity index (χ3n) is 4.33. The first kappa shape index (κ1) is 18.3. The van der Waals surface area contributed by atoms with Crippen LogP contribution in [0.1, 0.15) is 47.8 Å². The topological polar surface area (TPSA) is 85.3 Å². The van der Waals surface area contributed by atoms with Crippen LogP contribution in [0.25, 0.3) is 11.4 Å². The van der Waals surface area contributed by atoms with Crippen molar-refractivity contribution in [3.05, 3.63) is 40.1 Å². The Morgan fingerprint density at radius 2 is 2.19 bits per heavy atom. The number of amides is 1. The van der Waals surface area contributed by atoms with Crippen LogP contribution in [0, 0.1) is 6.92 Å². The second-order valence-electron chi connectivity index (χ2n) is 6.12. The van der Waals surface area contributed by atoms with Gasteiger partial charge in [-0.3, -0.25) is 4.79 Å². The summed E-state index contributed by atoms with van der Waals surface area (Å²) >= 11 is 1.67. The van der Waals surface area contributed by atoms with E-state index in [0.717, 1.165) is 27.6 Å². The van der Waals surface area contributed by atoms with Gasteiger partial charge in [0.1, 0.15) is 6.26 Å². The van der Waals surface area contributed by atoms with Crippen molar-refractivity contribution >= 4 is 17.2 Å². The molecule has 7 nitrogen and oxygen atoms in total. The minimum atomic E-state index is -0.00974. The van der Waals surface area contributed by atoms with Gasteiger partial charge in [0.25, 0.3) is 0 Å². The summed E-state index contributed by atoms with van der Waals surface area (Å²) < 4.78 is 10.2. The molecular weight excluding hydrogens is 352 g/mol. The molecule has 1 amide bonds. The summed E-state index contributed by atoms with van der Waals surface area (Å²) in [6.07, 6.45) is 4.73. The molecule has 0 bridgehead atoms. The van der Waals surface area contributed by atoms with Gasteiger partial charge in [-0.25, -0.2) is 4.98 Å². The molecule has 138 valence electrons. The Morgan fingerprint density at radius 3 is 2.85 bits per heavy atom. The molecule has 3 heterocycles. The number of thiazole rings is 1. The number of aromatic nitrogens is 3. The van der Waals surface area contributed by atoms with E-state index in [0.29, 0.717) is 24.6 Å². The van der Waals surface area contributed by atoms with Crippen molar-refractivity contribution in [1.29, 1.82) is 0 Å². The van der Waals surface area contributed by atoms with Gasteiger partial charge >= 0.3 is 0 Å². The average Bonchev–Trinajstić information content (AvgIpc) is 3.38. The molecular formula is C18H22N4O3S. The molecule has 1 unspecified atom stereocenters. The number of nitrogens with zero attached hydrogens (tertiary/aromatic N) is 4. The lowest BCUT2D eigenvalue weighted by molar-refractivity contribution is -0.131. The van der Waals surface area contributed by atoms with Crippen LogP contribution in [0.15, 0.2) is 27.5 Å². The predicted octanol–water partition coefficient (Wildman–Crippen LogP) is 3.81. The Bertz CT molecular complexity index is 869. The second-order valence-corrected chi connectivity index (χ2v) is 7.23. The van der Waals surface area contributed by atoms with Crippen molar-refractivity contribution in [3.8, 4) is 11.4 Å². The highest BCUT2D eigenvalue weighted by atomic mass is 32.1. The highest BCUT2D eigenvalue weighted by Gasteiger charge is 2.22. The number of carbonyl (C=O) groups is 1. The van der Waals surface area contributed by atoms with Gasteiger partial charge in [0.05, 0.1) is 28.6 Å². The lowest BCUT2D eigenvalue weighted by atomic mass is 10.2. The standard InChI is InChI=1S/C18H22N4O3S/c1-5-15-19-11(2)17(26-15)12(3)22(4)16(23)7-6-14-20-18(21-25-14)13-8-9-24-10-13/h8-10,12H,5-7H2,1-4H3. The molecule has 3 aromatic heterocycles. The number of rotatable bonds is 7. The van der Waals surface area contributed by atoms with Crippen LogP contribution < -0.4 is 0 Å². The molecule has 1 atom stereocenters. The van der Waals surface area contributed by atoms with Gasteiger partial charge in [-0.2, -0.15) is 4.98 Å². The summed E-state index contributed by atoms with van der Waals surface area (Å²) in [7, 11) is 1.82. The van der Waals surface area contributed by atoms with E-state index in [1.165, 1.54) is 0 Å². The molecule has 0 saturated heterocycles. The van der Waals surface area contributed by atoms with Crippen molar-refractivity contribution in [2.24, 2.45) is 0 Å². The molecule has 0 N–H and O–H groups in total. The molecule has 26 heavy (non-hydrogen) atoms. The maximum absolute atomic E-state index is 12.6. The van der Waals surface area contributed by atoms with Crippen molar-refractivity contribution in [2.45, 2.75) is 46.1 Å². The zero-order chi connectivity index (χ0) is 18.7. The smallest absolute Gasteiger partial charge is 0.227 e. The molecule has 0 aliphatic rings. The Hall–Kier alpha value is -2.48. The van der Waals surface area contributed by atoms with Crippen LogP contribution in [-0.4, -0.2) is 33.0 Å². The lowest BCUT2D eigenvalue weighted by Gasteiger charge is -2.24. The lowest BCUT2D eigenvalue weighted by Crippen LogP contribution is -2.29. The maximum Gasteiger partial charge on any atom is 0.227 e. The Balaban J connectivity index is 1.59. The van der Waals surface area contributed by atoms with Gasteiger partial charge in [0.15, 0.2) is 0 Å². The summed E-state index contributed by atoms with van der Waals surface area (Å²) in [5, 5.41) is 5.01. The first-order valence-electron chi connectivity index (χ1n) is 8.56. The zero-order valence-corrected chi connectivity index (χ0v) is 16.2. The molecule has 0 aliphatic carbocycles. The van der Waals surface area contributed by atoms with Crippen LogP contribution in [0.4, 0.5) is 0 Å². The highest BCUT2D eigenvalue weighted by molar-refractivity contribution is 7.11. The number of carbonyl (C=O) groups excluding carboxylic acids is 1. The monoisotopic (exact) mass is 374 g/mol. The van der Waals surface area contributed by atoms with Crippen molar-refractivity contribution < 1.29 is 13.7 Å². The second kappa shape index (κ2) is 7.82. The van der Waals surface area contributed by atoms with E-state index in [2.05, 4.69) is 22.0 Å². The van der Waals surface area contributed by atoms with E-state index in [1.54, 1.807) is 34.8 Å². The van der Waals surface area contributed by atoms with E-state index >= 15 is 0 Å². The van der Waals surface area contributed by atoms with Gasteiger partial charge in [-0.05, 0) is 26.3 Å². The fourth-order valence-electron chi connectivity index (χ4n) is 2.65.